The fourth-order valence-corrected chi connectivity index (χ4v) is 1.52. The molecule has 88 valence electrons. The maximum Gasteiger partial charge on any atom is 0.491 e. The van der Waals surface area contributed by atoms with Crippen molar-refractivity contribution >= 4 is 12.6 Å². The van der Waals surface area contributed by atoms with Crippen molar-refractivity contribution in [2.45, 2.75) is 6.54 Å². The van der Waals surface area contributed by atoms with Crippen molar-refractivity contribution in [2.75, 3.05) is 7.11 Å². The molecule has 1 heterocycles. The summed E-state index contributed by atoms with van der Waals surface area (Å²) in [7, 11) is 0.150. The molecule has 0 saturated heterocycles. The molecule has 1 aromatic carbocycles. The van der Waals surface area contributed by atoms with Crippen molar-refractivity contribution in [2.24, 2.45) is 0 Å². The number of aromatic nitrogens is 2. The van der Waals surface area contributed by atoms with Crippen molar-refractivity contribution in [1.82, 2.24) is 9.78 Å². The average Bonchev–Trinajstić information content (AvgIpc) is 2.79. The second-order valence-corrected chi connectivity index (χ2v) is 3.69. The third-order valence-electron chi connectivity index (χ3n) is 2.45. The number of nitrogens with zero attached hydrogens (tertiary/aromatic N) is 2. The molecule has 0 bridgehead atoms. The Morgan fingerprint density at radius 2 is 2.00 bits per heavy atom. The first-order valence-corrected chi connectivity index (χ1v) is 5.20. The number of hydrogen-bond donors (Lipinski definition) is 2. The molecule has 0 saturated carbocycles. The highest BCUT2D eigenvalue weighted by atomic mass is 16.5. The monoisotopic (exact) mass is 232 g/mol. The Kier molecular flexibility index (Phi) is 3.46. The predicted octanol–water partition coefficient (Wildman–Crippen LogP) is -0.380. The minimum atomic E-state index is -1.47. The van der Waals surface area contributed by atoms with E-state index in [4.69, 9.17) is 14.8 Å². The smallest absolute Gasteiger partial charge is 0.491 e. The van der Waals surface area contributed by atoms with Crippen LogP contribution in [0.3, 0.4) is 0 Å². The van der Waals surface area contributed by atoms with Gasteiger partial charge in [0, 0.05) is 17.9 Å². The molecule has 0 fully saturated rings. The molecule has 2 aromatic rings. The SMILES string of the molecule is COc1ccc(Cn2cc(B(O)O)cn2)cc1. The summed E-state index contributed by atoms with van der Waals surface area (Å²) in [6.07, 6.45) is 3.04. The summed E-state index contributed by atoms with van der Waals surface area (Å²) in [6, 6.07) is 7.63. The minimum absolute atomic E-state index is 0.388. The van der Waals surface area contributed by atoms with E-state index in [1.807, 2.05) is 24.3 Å². The van der Waals surface area contributed by atoms with Crippen molar-refractivity contribution < 1.29 is 14.8 Å². The van der Waals surface area contributed by atoms with Crippen LogP contribution in [0.5, 0.6) is 5.75 Å². The van der Waals surface area contributed by atoms with Gasteiger partial charge in [-0.05, 0) is 17.7 Å². The maximum atomic E-state index is 8.96. The first-order chi connectivity index (χ1) is 8.19. The predicted molar refractivity (Wildman–Crippen MR) is 64.1 cm³/mol. The number of methoxy groups -OCH3 is 1. The zero-order chi connectivity index (χ0) is 12.3. The zero-order valence-electron chi connectivity index (χ0n) is 9.45. The first kappa shape index (κ1) is 11.7. The van der Waals surface area contributed by atoms with Gasteiger partial charge < -0.3 is 14.8 Å². The van der Waals surface area contributed by atoms with E-state index in [9.17, 15) is 0 Å². The highest BCUT2D eigenvalue weighted by Crippen LogP contribution is 2.11. The third-order valence-corrected chi connectivity index (χ3v) is 2.45. The van der Waals surface area contributed by atoms with Gasteiger partial charge >= 0.3 is 7.12 Å². The summed E-state index contributed by atoms with van der Waals surface area (Å²) in [5.41, 5.74) is 1.45. The van der Waals surface area contributed by atoms with Gasteiger partial charge in [-0.2, -0.15) is 5.10 Å². The van der Waals surface area contributed by atoms with Gasteiger partial charge in [-0.15, -0.1) is 0 Å². The van der Waals surface area contributed by atoms with Crippen LogP contribution in [0.1, 0.15) is 5.56 Å². The van der Waals surface area contributed by atoms with Crippen LogP contribution in [0.15, 0.2) is 36.7 Å². The lowest BCUT2D eigenvalue weighted by Gasteiger charge is -2.03. The van der Waals surface area contributed by atoms with E-state index < -0.39 is 7.12 Å². The third kappa shape index (κ3) is 2.86. The lowest BCUT2D eigenvalue weighted by molar-refractivity contribution is 0.414. The maximum absolute atomic E-state index is 8.96. The van der Waals surface area contributed by atoms with Gasteiger partial charge in [0.1, 0.15) is 5.75 Å². The summed E-state index contributed by atoms with van der Waals surface area (Å²) < 4.78 is 6.72. The van der Waals surface area contributed by atoms with Crippen molar-refractivity contribution in [3.8, 4) is 5.75 Å². The molecule has 1 aromatic heterocycles. The molecule has 0 spiro atoms. The second kappa shape index (κ2) is 5.03. The molecule has 0 aliphatic carbocycles. The summed E-state index contributed by atoms with van der Waals surface area (Å²) in [5.74, 6) is 0.806. The first-order valence-electron chi connectivity index (χ1n) is 5.20. The molecule has 6 heteroatoms. The van der Waals surface area contributed by atoms with Crippen molar-refractivity contribution in [3.63, 3.8) is 0 Å². The number of ether oxygens (including phenoxy) is 1. The van der Waals surface area contributed by atoms with Crippen LogP contribution in [0.25, 0.3) is 0 Å². The minimum Gasteiger partial charge on any atom is -0.497 e. The van der Waals surface area contributed by atoms with E-state index in [1.54, 1.807) is 18.0 Å². The zero-order valence-corrected chi connectivity index (χ0v) is 9.45. The van der Waals surface area contributed by atoms with E-state index in [0.29, 0.717) is 12.0 Å². The normalized spacial score (nSPS) is 10.3. The van der Waals surface area contributed by atoms with Crippen LogP contribution < -0.4 is 10.2 Å². The molecule has 0 atom stereocenters. The number of rotatable bonds is 4. The molecule has 0 radical (unpaired) electrons. The van der Waals surface area contributed by atoms with E-state index >= 15 is 0 Å². The Bertz CT molecular complexity index is 482. The highest BCUT2D eigenvalue weighted by Gasteiger charge is 2.12. The van der Waals surface area contributed by atoms with Gasteiger partial charge in [0.05, 0.1) is 13.7 Å². The van der Waals surface area contributed by atoms with Crippen LogP contribution in [-0.2, 0) is 6.54 Å². The number of hydrogen-bond acceptors (Lipinski definition) is 4. The van der Waals surface area contributed by atoms with Gasteiger partial charge in [0.25, 0.3) is 0 Å². The van der Waals surface area contributed by atoms with Crippen molar-refractivity contribution in [1.29, 1.82) is 0 Å². The second-order valence-electron chi connectivity index (χ2n) is 3.69. The Labute approximate surface area is 99.4 Å². The molecule has 2 N–H and O–H groups in total. The van der Waals surface area contributed by atoms with Gasteiger partial charge in [0.2, 0.25) is 0 Å². The summed E-state index contributed by atoms with van der Waals surface area (Å²) in [5, 5.41) is 22.0. The summed E-state index contributed by atoms with van der Waals surface area (Å²) in [6.45, 7) is 0.580. The highest BCUT2D eigenvalue weighted by molar-refractivity contribution is 6.58. The van der Waals surface area contributed by atoms with Crippen LogP contribution in [0.2, 0.25) is 0 Å². The average molecular weight is 232 g/mol. The van der Waals surface area contributed by atoms with Crippen LogP contribution >= 0.6 is 0 Å². The fraction of sp³-hybridized carbons (Fsp3) is 0.182. The van der Waals surface area contributed by atoms with Crippen molar-refractivity contribution in [3.05, 3.63) is 42.2 Å². The van der Waals surface area contributed by atoms with Gasteiger partial charge in [0.15, 0.2) is 0 Å². The van der Waals surface area contributed by atoms with Crippen LogP contribution in [-0.4, -0.2) is 34.1 Å². The van der Waals surface area contributed by atoms with Gasteiger partial charge in [-0.25, -0.2) is 0 Å². The molecular formula is C11H13BN2O3. The quantitative estimate of drug-likeness (QED) is 0.705. The van der Waals surface area contributed by atoms with E-state index in [2.05, 4.69) is 5.10 Å². The molecule has 2 rings (SSSR count). The van der Waals surface area contributed by atoms with Gasteiger partial charge in [-0.3, -0.25) is 4.68 Å². The number of benzene rings is 1. The van der Waals surface area contributed by atoms with E-state index in [1.165, 1.54) is 6.20 Å². The Morgan fingerprint density at radius 1 is 1.29 bits per heavy atom. The molecule has 0 unspecified atom stereocenters. The fourth-order valence-electron chi connectivity index (χ4n) is 1.52. The Balaban J connectivity index is 2.08. The molecule has 0 aliphatic heterocycles. The Hall–Kier alpha value is -1.79. The van der Waals surface area contributed by atoms with E-state index in [0.717, 1.165) is 11.3 Å². The van der Waals surface area contributed by atoms with Crippen LogP contribution in [0.4, 0.5) is 0 Å². The largest absolute Gasteiger partial charge is 0.497 e. The summed E-state index contributed by atoms with van der Waals surface area (Å²) >= 11 is 0. The molecular weight excluding hydrogens is 219 g/mol. The molecule has 5 nitrogen and oxygen atoms in total. The van der Waals surface area contributed by atoms with Gasteiger partial charge in [-0.1, -0.05) is 12.1 Å². The standard InChI is InChI=1S/C11H13BN2O3/c1-17-11-4-2-9(3-5-11)7-14-8-10(6-13-14)12(15)16/h2-6,8,15-16H,7H2,1H3. The van der Waals surface area contributed by atoms with E-state index in [-0.39, 0.29) is 0 Å². The molecule has 17 heavy (non-hydrogen) atoms. The summed E-state index contributed by atoms with van der Waals surface area (Å²) in [4.78, 5) is 0. The molecule has 0 amide bonds. The topological polar surface area (TPSA) is 67.5 Å². The lowest BCUT2D eigenvalue weighted by Crippen LogP contribution is -2.28. The molecule has 0 aliphatic rings. The van der Waals surface area contributed by atoms with Crippen LogP contribution in [0, 0.1) is 0 Å². The lowest BCUT2D eigenvalue weighted by atomic mass is 9.83. The Morgan fingerprint density at radius 3 is 2.53 bits per heavy atom.